The van der Waals surface area contributed by atoms with Gasteiger partial charge in [0.15, 0.2) is 5.79 Å². The summed E-state index contributed by atoms with van der Waals surface area (Å²) in [4.78, 5) is 12.0. The maximum atomic E-state index is 12.2. The molecule has 0 radical (unpaired) electrons. The highest BCUT2D eigenvalue weighted by atomic mass is 16.6. The molecule has 9 atom stereocenters. The molecule has 3 fully saturated rings. The first kappa shape index (κ1) is 30.4. The van der Waals surface area contributed by atoms with Gasteiger partial charge in [0.25, 0.3) is 0 Å². The van der Waals surface area contributed by atoms with E-state index in [4.69, 9.17) is 9.47 Å². The van der Waals surface area contributed by atoms with Crippen molar-refractivity contribution in [2.75, 3.05) is 0 Å². The van der Waals surface area contributed by atoms with Crippen molar-refractivity contribution in [1.82, 2.24) is 4.40 Å². The van der Waals surface area contributed by atoms with Crippen molar-refractivity contribution in [1.29, 1.82) is 0 Å². The van der Waals surface area contributed by atoms with Crippen LogP contribution in [0.5, 0.6) is 5.75 Å². The highest BCUT2D eigenvalue weighted by molar-refractivity contribution is 6.11. The lowest BCUT2D eigenvalue weighted by Crippen LogP contribution is -2.65. The molecule has 7 nitrogen and oxygen atoms in total. The quantitative estimate of drug-likeness (QED) is 0.256. The molecule has 7 heteroatoms. The Morgan fingerprint density at radius 2 is 1.81 bits per heavy atom. The Morgan fingerprint density at radius 3 is 2.49 bits per heavy atom. The van der Waals surface area contributed by atoms with Crippen molar-refractivity contribution in [3.8, 4) is 5.75 Å². The molecule has 2 aliphatic heterocycles. The highest BCUT2D eigenvalue weighted by Crippen LogP contribution is 2.74. The number of nitrogens with zero attached hydrogens (tertiary/aromatic N) is 1. The van der Waals surface area contributed by atoms with Crippen LogP contribution >= 0.6 is 0 Å². The number of aldehydes is 1. The lowest BCUT2D eigenvalue weighted by atomic mass is 9.40. The third kappa shape index (κ3) is 3.18. The zero-order valence-electron chi connectivity index (χ0n) is 29.1. The van der Waals surface area contributed by atoms with Crippen molar-refractivity contribution in [2.24, 2.45) is 28.6 Å². The molecule has 0 amide bonds. The van der Waals surface area contributed by atoms with Gasteiger partial charge >= 0.3 is 0 Å². The Kier molecular flexibility index (Phi) is 5.51. The maximum Gasteiger partial charge on any atom is 0.172 e. The van der Waals surface area contributed by atoms with E-state index in [1.807, 2.05) is 6.92 Å². The van der Waals surface area contributed by atoms with Gasteiger partial charge in [0.2, 0.25) is 0 Å². The van der Waals surface area contributed by atoms with Gasteiger partial charge in [0.05, 0.1) is 28.5 Å². The van der Waals surface area contributed by atoms with Gasteiger partial charge in [-0.1, -0.05) is 27.4 Å². The van der Waals surface area contributed by atoms with E-state index in [1.165, 1.54) is 11.3 Å². The number of aliphatic hydroxyl groups is 2. The van der Waals surface area contributed by atoms with E-state index < -0.39 is 34.6 Å². The molecule has 9 rings (SSSR count). The Bertz CT molecular complexity index is 1980. The molecular weight excluding hydrogens is 590 g/mol. The molecule has 2 aromatic heterocycles. The summed E-state index contributed by atoms with van der Waals surface area (Å²) >= 11 is 0. The summed E-state index contributed by atoms with van der Waals surface area (Å²) in [6.07, 6.45) is 6.37. The molecule has 3 N–H and O–H groups in total. The van der Waals surface area contributed by atoms with Crippen molar-refractivity contribution >= 4 is 33.7 Å². The van der Waals surface area contributed by atoms with E-state index in [2.05, 4.69) is 71.6 Å². The average Bonchev–Trinajstić information content (AvgIpc) is 3.69. The topological polar surface area (TPSA) is 101 Å². The third-order valence-corrected chi connectivity index (χ3v) is 14.8. The van der Waals surface area contributed by atoms with Crippen molar-refractivity contribution in [3.63, 3.8) is 0 Å². The summed E-state index contributed by atoms with van der Waals surface area (Å²) in [6.45, 7) is 21.6. The summed E-state index contributed by atoms with van der Waals surface area (Å²) in [5.41, 5.74) is 5.88. The standard InChI is InChI=1S/C40H49NO6/c1-19(2)30-33(44)28-27-22(25-17-35(3,4)47-36(5,6)29(25)32(27)43)15-23-24-14-20-10-11-26-37(7,39(20,9)34(24)41(30)31(23)28)12-13-40(45)38(26,8)16-21(18-42)46-40/h15,17-18,20-21,26,29,32,43-45H,1,10-14,16H2,2-9H3/t20?,21-,26+,29?,32+,37-,38-,39+,40?/m0/s1. The van der Waals surface area contributed by atoms with Crippen LogP contribution in [0.1, 0.15) is 122 Å². The van der Waals surface area contributed by atoms with Gasteiger partial charge in [-0.25, -0.2) is 0 Å². The van der Waals surface area contributed by atoms with Crippen LogP contribution in [0, 0.1) is 28.6 Å². The summed E-state index contributed by atoms with van der Waals surface area (Å²) in [6, 6.07) is 2.31. The summed E-state index contributed by atoms with van der Waals surface area (Å²) in [5, 5.41) is 38.2. The second-order valence-corrected chi connectivity index (χ2v) is 17.9. The fourth-order valence-electron chi connectivity index (χ4n) is 13.0. The fourth-order valence-corrected chi connectivity index (χ4v) is 13.0. The third-order valence-electron chi connectivity index (χ3n) is 14.8. The molecule has 4 heterocycles. The highest BCUT2D eigenvalue weighted by Gasteiger charge is 2.73. The number of rotatable bonds is 2. The number of aromatic hydroxyl groups is 1. The zero-order valence-corrected chi connectivity index (χ0v) is 29.1. The summed E-state index contributed by atoms with van der Waals surface area (Å²) < 4.78 is 14.9. The van der Waals surface area contributed by atoms with Crippen LogP contribution in [0.4, 0.5) is 0 Å². The summed E-state index contributed by atoms with van der Waals surface area (Å²) in [5.74, 6) is -0.824. The molecule has 1 saturated heterocycles. The van der Waals surface area contributed by atoms with E-state index in [-0.39, 0.29) is 28.4 Å². The van der Waals surface area contributed by atoms with Gasteiger partial charge in [-0.2, -0.15) is 0 Å². The lowest BCUT2D eigenvalue weighted by molar-refractivity contribution is -0.294. The number of carbonyl (C=O) groups is 1. The molecule has 0 bridgehead atoms. The van der Waals surface area contributed by atoms with Gasteiger partial charge in [-0.15, -0.1) is 0 Å². The molecule has 1 aromatic carbocycles. The SMILES string of the molecule is C=C(C)c1c(O)c2c3c(cc4c5c(n1c42)[C@@]1(C)C(CC[C@H]2[C@]4(C)C[C@@H](C=O)OC4(O)CC[C@@]21C)C5)C1=CC(C)(C)OC(C)(C)C1[C@@H]3O. The smallest absolute Gasteiger partial charge is 0.172 e. The molecule has 47 heavy (non-hydrogen) atoms. The molecule has 0 spiro atoms. The predicted octanol–water partition coefficient (Wildman–Crippen LogP) is 7.23. The minimum Gasteiger partial charge on any atom is -0.505 e. The Labute approximate surface area is 277 Å². The van der Waals surface area contributed by atoms with Gasteiger partial charge < -0.3 is 34.0 Å². The number of hydrogen-bond acceptors (Lipinski definition) is 6. The van der Waals surface area contributed by atoms with E-state index >= 15 is 0 Å². The lowest BCUT2D eigenvalue weighted by Gasteiger charge is -2.65. The van der Waals surface area contributed by atoms with Crippen molar-refractivity contribution < 1.29 is 29.6 Å². The van der Waals surface area contributed by atoms with Crippen LogP contribution in [0.25, 0.3) is 27.4 Å². The second-order valence-electron chi connectivity index (χ2n) is 17.9. The van der Waals surface area contributed by atoms with E-state index in [0.29, 0.717) is 18.8 Å². The molecule has 6 aliphatic rings. The van der Waals surface area contributed by atoms with Crippen LogP contribution in [0.2, 0.25) is 0 Å². The normalized spacial score (nSPS) is 42.4. The fraction of sp³-hybridized carbons (Fsp3) is 0.625. The van der Waals surface area contributed by atoms with Crippen molar-refractivity contribution in [2.45, 2.75) is 129 Å². The minimum atomic E-state index is -1.31. The Hall–Kier alpha value is -2.71. The number of ether oxygens (including phenoxy) is 2. The number of carbonyl (C=O) groups excluding carboxylic acids is 1. The summed E-state index contributed by atoms with van der Waals surface area (Å²) in [7, 11) is 0. The van der Waals surface area contributed by atoms with E-state index in [0.717, 1.165) is 76.2 Å². The van der Waals surface area contributed by atoms with E-state index in [1.54, 1.807) is 0 Å². The van der Waals surface area contributed by atoms with Gasteiger partial charge in [-0.05, 0) is 118 Å². The molecule has 250 valence electrons. The van der Waals surface area contributed by atoms with Gasteiger partial charge in [0, 0.05) is 45.2 Å². The number of benzene rings is 1. The number of allylic oxidation sites excluding steroid dienone is 1. The molecule has 4 aliphatic carbocycles. The number of fused-ring (bicyclic) bond motifs is 13. The largest absolute Gasteiger partial charge is 0.505 e. The maximum absolute atomic E-state index is 12.2. The number of aliphatic hydroxyl groups excluding tert-OH is 1. The molecule has 3 unspecified atom stereocenters. The van der Waals surface area contributed by atoms with Gasteiger partial charge in [0.1, 0.15) is 18.1 Å². The average molecular weight is 640 g/mol. The zero-order chi connectivity index (χ0) is 33.6. The Morgan fingerprint density at radius 1 is 1.09 bits per heavy atom. The van der Waals surface area contributed by atoms with Crippen LogP contribution in [-0.4, -0.2) is 49.1 Å². The van der Waals surface area contributed by atoms with Crippen LogP contribution < -0.4 is 0 Å². The minimum absolute atomic E-state index is 0.146. The first-order valence-electron chi connectivity index (χ1n) is 17.7. The second kappa shape index (κ2) is 8.53. The first-order chi connectivity index (χ1) is 21.9. The van der Waals surface area contributed by atoms with E-state index in [9.17, 15) is 20.1 Å². The number of hydrogen-bond donors (Lipinski definition) is 3. The molecular formula is C40H49NO6. The van der Waals surface area contributed by atoms with Crippen LogP contribution in [0.15, 0.2) is 18.7 Å². The van der Waals surface area contributed by atoms with Gasteiger partial charge in [-0.3, -0.25) is 0 Å². The monoisotopic (exact) mass is 639 g/mol. The van der Waals surface area contributed by atoms with Crippen LogP contribution in [0.3, 0.4) is 0 Å². The predicted molar refractivity (Wildman–Crippen MR) is 181 cm³/mol. The first-order valence-corrected chi connectivity index (χ1v) is 17.7. The van der Waals surface area contributed by atoms with Crippen LogP contribution in [-0.2, 0) is 26.1 Å². The number of aromatic nitrogens is 1. The molecule has 2 saturated carbocycles. The van der Waals surface area contributed by atoms with Crippen molar-refractivity contribution in [3.05, 3.63) is 46.8 Å². The molecule has 3 aromatic rings. The Balaban J connectivity index is 1.33.